The number of benzene rings is 1. The SMILES string of the molecule is O=C(NC/C=C/Cn1ccnc1)c1ccc(C(F)(F)F)cc1. The number of amides is 1. The van der Waals surface area contributed by atoms with Crippen molar-refractivity contribution in [3.8, 4) is 0 Å². The van der Waals surface area contributed by atoms with Gasteiger partial charge in [0.05, 0.1) is 11.9 Å². The summed E-state index contributed by atoms with van der Waals surface area (Å²) in [6.45, 7) is 0.935. The smallest absolute Gasteiger partial charge is 0.349 e. The second kappa shape index (κ2) is 6.93. The first-order valence-electron chi connectivity index (χ1n) is 6.53. The lowest BCUT2D eigenvalue weighted by Crippen LogP contribution is -2.23. The Morgan fingerprint density at radius 1 is 1.23 bits per heavy atom. The Morgan fingerprint density at radius 2 is 1.95 bits per heavy atom. The number of hydrogen-bond acceptors (Lipinski definition) is 2. The fourth-order valence-electron chi connectivity index (χ4n) is 1.74. The minimum Gasteiger partial charge on any atom is -0.349 e. The normalized spacial score (nSPS) is 11.8. The molecule has 0 saturated carbocycles. The van der Waals surface area contributed by atoms with E-state index in [0.29, 0.717) is 13.1 Å². The Kier molecular flexibility index (Phi) is 4.98. The van der Waals surface area contributed by atoms with Gasteiger partial charge in [-0.1, -0.05) is 12.2 Å². The predicted molar refractivity (Wildman–Crippen MR) is 75.1 cm³/mol. The van der Waals surface area contributed by atoms with Crippen molar-refractivity contribution in [2.45, 2.75) is 12.7 Å². The molecule has 0 aliphatic rings. The zero-order valence-corrected chi connectivity index (χ0v) is 11.5. The zero-order valence-electron chi connectivity index (χ0n) is 11.5. The summed E-state index contributed by atoms with van der Waals surface area (Å²) < 4.78 is 39.1. The van der Waals surface area contributed by atoms with Crippen molar-refractivity contribution in [2.75, 3.05) is 6.54 Å². The van der Waals surface area contributed by atoms with Crippen LogP contribution in [0.15, 0.2) is 55.1 Å². The summed E-state index contributed by atoms with van der Waals surface area (Å²) in [5.74, 6) is -0.416. The molecule has 0 aliphatic carbocycles. The van der Waals surface area contributed by atoms with Gasteiger partial charge in [-0.2, -0.15) is 13.2 Å². The number of halogens is 3. The molecule has 0 unspecified atom stereocenters. The Balaban J connectivity index is 1.81. The van der Waals surface area contributed by atoms with E-state index in [1.165, 1.54) is 0 Å². The van der Waals surface area contributed by atoms with Gasteiger partial charge in [-0.05, 0) is 24.3 Å². The van der Waals surface area contributed by atoms with Crippen LogP contribution in [0.1, 0.15) is 15.9 Å². The highest BCUT2D eigenvalue weighted by Crippen LogP contribution is 2.28. The molecular weight excluding hydrogens is 295 g/mol. The van der Waals surface area contributed by atoms with E-state index in [1.54, 1.807) is 18.6 Å². The molecule has 1 N–H and O–H groups in total. The molecule has 2 rings (SSSR count). The average molecular weight is 309 g/mol. The van der Waals surface area contributed by atoms with Crippen molar-refractivity contribution in [3.05, 3.63) is 66.3 Å². The monoisotopic (exact) mass is 309 g/mol. The number of alkyl halides is 3. The summed E-state index contributed by atoms with van der Waals surface area (Å²) in [6.07, 6.45) is 4.37. The first kappa shape index (κ1) is 15.8. The lowest BCUT2D eigenvalue weighted by Gasteiger charge is -2.07. The minimum atomic E-state index is -4.40. The van der Waals surface area contributed by atoms with Gasteiger partial charge in [0.1, 0.15) is 0 Å². The summed E-state index contributed by atoms with van der Waals surface area (Å²) >= 11 is 0. The molecule has 1 aromatic heterocycles. The van der Waals surface area contributed by atoms with Gasteiger partial charge in [0.15, 0.2) is 0 Å². The standard InChI is InChI=1S/C15H14F3N3O/c16-15(17,18)13-5-3-12(4-6-13)14(22)20-7-1-2-9-21-10-8-19-11-21/h1-6,8,10-11H,7,9H2,(H,20,22)/b2-1+. The molecule has 22 heavy (non-hydrogen) atoms. The van der Waals surface area contributed by atoms with Gasteiger partial charge >= 0.3 is 6.18 Å². The third-order valence-corrected chi connectivity index (χ3v) is 2.90. The van der Waals surface area contributed by atoms with Crippen LogP contribution in [0.5, 0.6) is 0 Å². The summed E-state index contributed by atoms with van der Waals surface area (Å²) in [7, 11) is 0. The Labute approximate surface area is 125 Å². The predicted octanol–water partition coefficient (Wildman–Crippen LogP) is 2.89. The molecule has 1 heterocycles. The Morgan fingerprint density at radius 3 is 2.55 bits per heavy atom. The van der Waals surface area contributed by atoms with Crippen LogP contribution in [0.2, 0.25) is 0 Å². The number of aromatic nitrogens is 2. The molecule has 0 aliphatic heterocycles. The zero-order chi connectivity index (χ0) is 16.0. The van der Waals surface area contributed by atoms with E-state index in [4.69, 9.17) is 0 Å². The van der Waals surface area contributed by atoms with Crippen LogP contribution in [-0.2, 0) is 12.7 Å². The molecule has 0 bridgehead atoms. The quantitative estimate of drug-likeness (QED) is 0.863. The van der Waals surface area contributed by atoms with Crippen LogP contribution in [0.4, 0.5) is 13.2 Å². The third kappa shape index (κ3) is 4.47. The van der Waals surface area contributed by atoms with Gasteiger partial charge in [-0.3, -0.25) is 4.79 Å². The molecule has 2 aromatic rings. The maximum atomic E-state index is 12.4. The van der Waals surface area contributed by atoms with Gasteiger partial charge in [-0.25, -0.2) is 4.98 Å². The van der Waals surface area contributed by atoms with Crippen molar-refractivity contribution < 1.29 is 18.0 Å². The van der Waals surface area contributed by atoms with E-state index < -0.39 is 17.6 Å². The highest BCUT2D eigenvalue weighted by Gasteiger charge is 2.30. The first-order valence-corrected chi connectivity index (χ1v) is 6.53. The Bertz CT molecular complexity index is 631. The van der Waals surface area contributed by atoms with Gasteiger partial charge < -0.3 is 9.88 Å². The number of allylic oxidation sites excluding steroid dienone is 1. The lowest BCUT2D eigenvalue weighted by molar-refractivity contribution is -0.137. The molecular formula is C15H14F3N3O. The van der Waals surface area contributed by atoms with Crippen LogP contribution in [0, 0.1) is 0 Å². The van der Waals surface area contributed by atoms with Crippen molar-refractivity contribution in [3.63, 3.8) is 0 Å². The molecule has 0 fully saturated rings. The largest absolute Gasteiger partial charge is 0.416 e. The Hall–Kier alpha value is -2.57. The van der Waals surface area contributed by atoms with Crippen molar-refractivity contribution in [1.82, 2.24) is 14.9 Å². The summed E-state index contributed by atoms with van der Waals surface area (Å²) in [5.41, 5.74) is -0.583. The van der Waals surface area contributed by atoms with Crippen LogP contribution in [0.3, 0.4) is 0 Å². The minimum absolute atomic E-state index is 0.191. The second-order valence-electron chi connectivity index (χ2n) is 4.52. The average Bonchev–Trinajstić information content (AvgIpc) is 2.99. The number of hydrogen-bond donors (Lipinski definition) is 1. The third-order valence-electron chi connectivity index (χ3n) is 2.90. The molecule has 0 atom stereocenters. The number of carbonyl (C=O) groups excluding carboxylic acids is 1. The summed E-state index contributed by atoms with van der Waals surface area (Å²) in [4.78, 5) is 15.6. The maximum absolute atomic E-state index is 12.4. The van der Waals surface area contributed by atoms with Crippen molar-refractivity contribution >= 4 is 5.91 Å². The fraction of sp³-hybridized carbons (Fsp3) is 0.200. The molecule has 1 amide bonds. The number of imidazole rings is 1. The van der Waals surface area contributed by atoms with E-state index in [9.17, 15) is 18.0 Å². The van der Waals surface area contributed by atoms with Crippen LogP contribution in [-0.4, -0.2) is 22.0 Å². The molecule has 4 nitrogen and oxygen atoms in total. The van der Waals surface area contributed by atoms with Gasteiger partial charge in [-0.15, -0.1) is 0 Å². The van der Waals surface area contributed by atoms with E-state index in [0.717, 1.165) is 24.3 Å². The molecule has 1 aromatic carbocycles. The van der Waals surface area contributed by atoms with Crippen molar-refractivity contribution in [2.24, 2.45) is 0 Å². The van der Waals surface area contributed by atoms with Crippen LogP contribution >= 0.6 is 0 Å². The van der Waals surface area contributed by atoms with E-state index in [-0.39, 0.29) is 5.56 Å². The number of rotatable bonds is 5. The maximum Gasteiger partial charge on any atom is 0.416 e. The molecule has 0 radical (unpaired) electrons. The van der Waals surface area contributed by atoms with Crippen LogP contribution in [0.25, 0.3) is 0 Å². The van der Waals surface area contributed by atoms with Crippen molar-refractivity contribution in [1.29, 1.82) is 0 Å². The van der Waals surface area contributed by atoms with Gasteiger partial charge in [0.2, 0.25) is 0 Å². The molecule has 0 saturated heterocycles. The van der Waals surface area contributed by atoms with E-state index >= 15 is 0 Å². The highest BCUT2D eigenvalue weighted by molar-refractivity contribution is 5.94. The summed E-state index contributed by atoms with van der Waals surface area (Å²) in [6, 6.07) is 4.11. The lowest BCUT2D eigenvalue weighted by atomic mass is 10.1. The van der Waals surface area contributed by atoms with Crippen LogP contribution < -0.4 is 5.32 Å². The molecule has 0 spiro atoms. The second-order valence-corrected chi connectivity index (χ2v) is 4.52. The topological polar surface area (TPSA) is 46.9 Å². The van der Waals surface area contributed by atoms with E-state index in [2.05, 4.69) is 10.3 Å². The number of nitrogens with one attached hydrogen (secondary N) is 1. The van der Waals surface area contributed by atoms with Gasteiger partial charge in [0.25, 0.3) is 5.91 Å². The van der Waals surface area contributed by atoms with E-state index in [1.807, 2.05) is 16.8 Å². The highest BCUT2D eigenvalue weighted by atomic mass is 19.4. The van der Waals surface area contributed by atoms with Gasteiger partial charge in [0, 0.05) is 31.0 Å². The fourth-order valence-corrected chi connectivity index (χ4v) is 1.74. The summed E-state index contributed by atoms with van der Waals surface area (Å²) in [5, 5.41) is 2.61. The number of nitrogens with zero attached hydrogens (tertiary/aromatic N) is 2. The number of carbonyl (C=O) groups is 1. The molecule has 7 heteroatoms. The molecule has 116 valence electrons. The first-order chi connectivity index (χ1) is 10.5.